The summed E-state index contributed by atoms with van der Waals surface area (Å²) in [6.45, 7) is 4.54. The number of para-hydroxylation sites is 1. The van der Waals surface area contributed by atoms with Crippen LogP contribution in [0.3, 0.4) is 0 Å². The Balaban J connectivity index is 2.17. The molecule has 0 aromatic heterocycles. The van der Waals surface area contributed by atoms with Crippen LogP contribution in [0.5, 0.6) is 11.5 Å². The van der Waals surface area contributed by atoms with Crippen LogP contribution in [0, 0.1) is 0 Å². The van der Waals surface area contributed by atoms with E-state index in [0.29, 0.717) is 23.6 Å². The Morgan fingerprint density at radius 3 is 2.54 bits per heavy atom. The number of anilines is 1. The van der Waals surface area contributed by atoms with Crippen LogP contribution < -0.4 is 14.8 Å². The fourth-order valence-corrected chi connectivity index (χ4v) is 3.33. The van der Waals surface area contributed by atoms with E-state index in [1.165, 1.54) is 0 Å². The summed E-state index contributed by atoms with van der Waals surface area (Å²) in [4.78, 5) is 14.8. The fraction of sp³-hybridized carbons (Fsp3) is 0.316. The van der Waals surface area contributed by atoms with E-state index in [0.717, 1.165) is 11.3 Å². The number of methoxy groups -OCH3 is 2. The molecule has 0 saturated carbocycles. The summed E-state index contributed by atoms with van der Waals surface area (Å²) in [5.74, 6) is 1.40. The van der Waals surface area contributed by atoms with E-state index in [9.17, 15) is 4.79 Å². The molecule has 0 fully saturated rings. The summed E-state index contributed by atoms with van der Waals surface area (Å²) in [6.07, 6.45) is 0. The van der Waals surface area contributed by atoms with Gasteiger partial charge in [0.1, 0.15) is 17.2 Å². The molecule has 126 valence electrons. The lowest BCUT2D eigenvalue weighted by Crippen LogP contribution is -2.55. The molecule has 2 aromatic carbocycles. The highest BCUT2D eigenvalue weighted by Crippen LogP contribution is 2.42. The molecule has 0 aliphatic carbocycles. The molecular formula is C19H22N2O3. The van der Waals surface area contributed by atoms with Gasteiger partial charge in [0.2, 0.25) is 0 Å². The molecule has 1 N–H and O–H groups in total. The summed E-state index contributed by atoms with van der Waals surface area (Å²) >= 11 is 0. The lowest BCUT2D eigenvalue weighted by atomic mass is 9.92. The van der Waals surface area contributed by atoms with Crippen LogP contribution in [0.2, 0.25) is 0 Å². The van der Waals surface area contributed by atoms with Crippen LogP contribution in [0.15, 0.2) is 42.5 Å². The maximum Gasteiger partial charge on any atom is 0.258 e. The van der Waals surface area contributed by atoms with Crippen LogP contribution in [0.1, 0.15) is 29.8 Å². The minimum atomic E-state index is -0.711. The molecule has 0 bridgehead atoms. The van der Waals surface area contributed by atoms with Crippen LogP contribution in [0.25, 0.3) is 0 Å². The van der Waals surface area contributed by atoms with Gasteiger partial charge in [-0.25, -0.2) is 0 Å². The zero-order valence-electron chi connectivity index (χ0n) is 14.4. The van der Waals surface area contributed by atoms with Crippen molar-refractivity contribution in [2.24, 2.45) is 0 Å². The second-order valence-electron chi connectivity index (χ2n) is 5.86. The van der Waals surface area contributed by atoms with Gasteiger partial charge in [0.05, 0.1) is 19.8 Å². The monoisotopic (exact) mass is 326 g/mol. The van der Waals surface area contributed by atoms with Gasteiger partial charge < -0.3 is 19.7 Å². The third kappa shape index (κ3) is 2.37. The number of fused-ring (bicyclic) bond motifs is 1. The van der Waals surface area contributed by atoms with Crippen molar-refractivity contribution in [2.75, 3.05) is 26.1 Å². The van der Waals surface area contributed by atoms with E-state index in [2.05, 4.69) is 5.32 Å². The maximum atomic E-state index is 13.0. The number of amides is 1. The van der Waals surface area contributed by atoms with Gasteiger partial charge in [-0.1, -0.05) is 12.1 Å². The van der Waals surface area contributed by atoms with Gasteiger partial charge in [-0.2, -0.15) is 0 Å². The number of nitrogens with one attached hydrogen (secondary N) is 1. The molecule has 0 saturated heterocycles. The zero-order chi connectivity index (χ0) is 17.3. The van der Waals surface area contributed by atoms with Gasteiger partial charge in [-0.3, -0.25) is 4.79 Å². The van der Waals surface area contributed by atoms with Crippen molar-refractivity contribution in [3.05, 3.63) is 53.6 Å². The Morgan fingerprint density at radius 1 is 1.12 bits per heavy atom. The summed E-state index contributed by atoms with van der Waals surface area (Å²) < 4.78 is 10.8. The van der Waals surface area contributed by atoms with Gasteiger partial charge in [-0.05, 0) is 38.1 Å². The molecule has 1 atom stereocenters. The van der Waals surface area contributed by atoms with Gasteiger partial charge in [0.25, 0.3) is 5.91 Å². The van der Waals surface area contributed by atoms with Crippen LogP contribution in [-0.4, -0.2) is 31.6 Å². The molecule has 24 heavy (non-hydrogen) atoms. The van der Waals surface area contributed by atoms with E-state index in [1.807, 2.05) is 61.2 Å². The molecule has 1 aliphatic rings. The number of benzene rings is 2. The van der Waals surface area contributed by atoms with Crippen molar-refractivity contribution >= 4 is 11.6 Å². The van der Waals surface area contributed by atoms with Crippen molar-refractivity contribution in [1.82, 2.24) is 4.90 Å². The van der Waals surface area contributed by atoms with Crippen LogP contribution in [-0.2, 0) is 5.66 Å². The molecular weight excluding hydrogens is 304 g/mol. The second kappa shape index (κ2) is 6.07. The highest BCUT2D eigenvalue weighted by Gasteiger charge is 2.43. The number of ether oxygens (including phenoxy) is 2. The minimum Gasteiger partial charge on any atom is -0.497 e. The molecule has 5 heteroatoms. The van der Waals surface area contributed by atoms with E-state index in [4.69, 9.17) is 9.47 Å². The quantitative estimate of drug-likeness (QED) is 0.935. The van der Waals surface area contributed by atoms with Gasteiger partial charge >= 0.3 is 0 Å². The Hall–Kier alpha value is -2.69. The number of hydrogen-bond donors (Lipinski definition) is 1. The number of carbonyl (C=O) groups excluding carboxylic acids is 1. The molecule has 1 unspecified atom stereocenters. The smallest absolute Gasteiger partial charge is 0.258 e. The molecule has 1 aliphatic heterocycles. The maximum absolute atomic E-state index is 13.0. The largest absolute Gasteiger partial charge is 0.497 e. The molecule has 1 heterocycles. The van der Waals surface area contributed by atoms with E-state index in [1.54, 1.807) is 14.2 Å². The van der Waals surface area contributed by atoms with Crippen LogP contribution in [0.4, 0.5) is 5.69 Å². The summed E-state index contributed by atoms with van der Waals surface area (Å²) in [7, 11) is 3.24. The van der Waals surface area contributed by atoms with Crippen molar-refractivity contribution < 1.29 is 14.3 Å². The third-order valence-corrected chi connectivity index (χ3v) is 4.57. The molecule has 1 amide bonds. The van der Waals surface area contributed by atoms with E-state index >= 15 is 0 Å². The number of carbonyl (C=O) groups is 1. The highest BCUT2D eigenvalue weighted by molar-refractivity contribution is 6.02. The minimum absolute atomic E-state index is 0.00669. The zero-order valence-corrected chi connectivity index (χ0v) is 14.4. The van der Waals surface area contributed by atoms with Crippen molar-refractivity contribution in [3.63, 3.8) is 0 Å². The van der Waals surface area contributed by atoms with Crippen LogP contribution >= 0.6 is 0 Å². The summed E-state index contributed by atoms with van der Waals surface area (Å²) in [5, 5.41) is 3.52. The Morgan fingerprint density at radius 2 is 1.88 bits per heavy atom. The molecule has 2 aromatic rings. The number of nitrogens with zero attached hydrogens (tertiary/aromatic N) is 1. The highest BCUT2D eigenvalue weighted by atomic mass is 16.5. The molecule has 0 radical (unpaired) electrons. The summed E-state index contributed by atoms with van der Waals surface area (Å²) in [5.41, 5.74) is 1.69. The predicted octanol–water partition coefficient (Wildman–Crippen LogP) is 3.46. The lowest BCUT2D eigenvalue weighted by molar-refractivity contribution is 0.0548. The van der Waals surface area contributed by atoms with Crippen molar-refractivity contribution in [2.45, 2.75) is 19.5 Å². The topological polar surface area (TPSA) is 50.8 Å². The molecule has 0 spiro atoms. The first-order valence-corrected chi connectivity index (χ1v) is 7.96. The molecule has 3 rings (SSSR count). The normalized spacial score (nSPS) is 19.5. The Labute approximate surface area is 142 Å². The first-order chi connectivity index (χ1) is 11.5. The number of hydrogen-bond acceptors (Lipinski definition) is 4. The average Bonchev–Trinajstić information content (AvgIpc) is 2.61. The van der Waals surface area contributed by atoms with Crippen molar-refractivity contribution in [1.29, 1.82) is 0 Å². The molecule has 5 nitrogen and oxygen atoms in total. The van der Waals surface area contributed by atoms with Gasteiger partial charge in [-0.15, -0.1) is 0 Å². The standard InChI is InChI=1S/C19H22N2O3/c1-5-21-18(22)14-8-6-7-9-16(14)20-19(21,2)15-11-10-13(23-3)12-17(15)24-4/h6-12,20H,5H2,1-4H3. The number of rotatable bonds is 4. The predicted molar refractivity (Wildman–Crippen MR) is 93.7 cm³/mol. The summed E-state index contributed by atoms with van der Waals surface area (Å²) in [6, 6.07) is 13.2. The first-order valence-electron chi connectivity index (χ1n) is 7.96. The van der Waals surface area contributed by atoms with Crippen molar-refractivity contribution in [3.8, 4) is 11.5 Å². The first kappa shape index (κ1) is 16.2. The SMILES string of the molecule is CCN1C(=O)c2ccccc2NC1(C)c1ccc(OC)cc1OC. The average molecular weight is 326 g/mol. The van der Waals surface area contributed by atoms with Gasteiger partial charge in [0.15, 0.2) is 0 Å². The lowest BCUT2D eigenvalue weighted by Gasteiger charge is -2.46. The third-order valence-electron chi connectivity index (χ3n) is 4.57. The fourth-order valence-electron chi connectivity index (χ4n) is 3.33. The van der Waals surface area contributed by atoms with Gasteiger partial charge in [0, 0.05) is 23.9 Å². The van der Waals surface area contributed by atoms with E-state index < -0.39 is 5.66 Å². The van der Waals surface area contributed by atoms with E-state index in [-0.39, 0.29) is 5.91 Å². The Bertz CT molecular complexity index is 775. The Kier molecular flexibility index (Phi) is 4.09. The second-order valence-corrected chi connectivity index (χ2v) is 5.86.